The molecular formula is C15H15ClF2N2. The fourth-order valence-electron chi connectivity index (χ4n) is 2.00. The van der Waals surface area contributed by atoms with Gasteiger partial charge in [-0.2, -0.15) is 0 Å². The fourth-order valence-corrected chi connectivity index (χ4v) is 2.19. The first kappa shape index (κ1) is 14.8. The van der Waals surface area contributed by atoms with E-state index in [9.17, 15) is 8.78 Å². The quantitative estimate of drug-likeness (QED) is 0.932. The van der Waals surface area contributed by atoms with Gasteiger partial charge in [0.1, 0.15) is 0 Å². The van der Waals surface area contributed by atoms with Gasteiger partial charge in [0.05, 0.1) is 5.69 Å². The van der Waals surface area contributed by atoms with Crippen LogP contribution in [0.5, 0.6) is 0 Å². The zero-order valence-electron chi connectivity index (χ0n) is 11.0. The zero-order chi connectivity index (χ0) is 14.7. The Morgan fingerprint density at radius 2 is 1.75 bits per heavy atom. The van der Waals surface area contributed by atoms with Gasteiger partial charge in [0.2, 0.25) is 0 Å². The summed E-state index contributed by atoms with van der Waals surface area (Å²) in [5, 5.41) is 0.596. The Kier molecular flexibility index (Phi) is 4.57. The van der Waals surface area contributed by atoms with Gasteiger partial charge in [-0.25, -0.2) is 8.78 Å². The lowest BCUT2D eigenvalue weighted by Gasteiger charge is -2.21. The molecule has 2 nitrogen and oxygen atoms in total. The lowest BCUT2D eigenvalue weighted by Crippen LogP contribution is -2.19. The molecule has 2 N–H and O–H groups in total. The molecule has 0 saturated heterocycles. The Morgan fingerprint density at radius 1 is 1.05 bits per heavy atom. The summed E-state index contributed by atoms with van der Waals surface area (Å²) in [5.74, 6) is -1.78. The Labute approximate surface area is 121 Å². The van der Waals surface area contributed by atoms with Gasteiger partial charge in [-0.1, -0.05) is 35.9 Å². The van der Waals surface area contributed by atoms with Crippen molar-refractivity contribution in [3.05, 3.63) is 64.2 Å². The van der Waals surface area contributed by atoms with Crippen LogP contribution in [-0.2, 0) is 13.1 Å². The van der Waals surface area contributed by atoms with E-state index in [1.165, 1.54) is 12.1 Å². The molecule has 0 saturated carbocycles. The van der Waals surface area contributed by atoms with Crippen molar-refractivity contribution in [1.29, 1.82) is 0 Å². The predicted molar refractivity (Wildman–Crippen MR) is 77.8 cm³/mol. The van der Waals surface area contributed by atoms with Crippen molar-refractivity contribution in [3.8, 4) is 0 Å². The highest BCUT2D eigenvalue weighted by molar-refractivity contribution is 6.31. The minimum atomic E-state index is -0.893. The lowest BCUT2D eigenvalue weighted by molar-refractivity contribution is 0.498. The molecule has 0 aromatic heterocycles. The van der Waals surface area contributed by atoms with Gasteiger partial charge in [0, 0.05) is 30.7 Å². The van der Waals surface area contributed by atoms with E-state index in [2.05, 4.69) is 0 Å². The first-order valence-electron chi connectivity index (χ1n) is 6.16. The summed E-state index contributed by atoms with van der Waals surface area (Å²) in [6.45, 7) is 0.356. The van der Waals surface area contributed by atoms with Crippen LogP contribution in [0.2, 0.25) is 5.02 Å². The van der Waals surface area contributed by atoms with Crippen LogP contribution in [0, 0.1) is 11.6 Å². The molecule has 0 amide bonds. The van der Waals surface area contributed by atoms with Crippen molar-refractivity contribution in [2.45, 2.75) is 13.1 Å². The molecule has 0 heterocycles. The topological polar surface area (TPSA) is 29.3 Å². The highest BCUT2D eigenvalue weighted by Crippen LogP contribution is 2.26. The predicted octanol–water partition coefficient (Wildman–Crippen LogP) is 3.71. The van der Waals surface area contributed by atoms with Crippen LogP contribution in [0.1, 0.15) is 11.1 Å². The second-order valence-electron chi connectivity index (χ2n) is 4.52. The van der Waals surface area contributed by atoms with Gasteiger partial charge >= 0.3 is 0 Å². The van der Waals surface area contributed by atoms with E-state index in [-0.39, 0.29) is 17.8 Å². The summed E-state index contributed by atoms with van der Waals surface area (Å²) in [5.41, 5.74) is 6.54. The smallest absolute Gasteiger partial charge is 0.182 e. The van der Waals surface area contributed by atoms with Crippen molar-refractivity contribution >= 4 is 17.3 Å². The molecule has 0 bridgehead atoms. The normalized spacial score (nSPS) is 10.7. The zero-order valence-corrected chi connectivity index (χ0v) is 11.8. The third-order valence-electron chi connectivity index (χ3n) is 3.14. The molecule has 5 heteroatoms. The number of hydrogen-bond donors (Lipinski definition) is 1. The molecule has 0 radical (unpaired) electrons. The van der Waals surface area contributed by atoms with E-state index in [0.29, 0.717) is 11.6 Å². The minimum absolute atomic E-state index is 0.0305. The number of nitrogens with two attached hydrogens (primary N) is 1. The van der Waals surface area contributed by atoms with Gasteiger partial charge in [-0.15, -0.1) is 0 Å². The van der Waals surface area contributed by atoms with Crippen molar-refractivity contribution in [3.63, 3.8) is 0 Å². The van der Waals surface area contributed by atoms with Crippen LogP contribution < -0.4 is 10.6 Å². The number of nitrogens with zero attached hydrogens (tertiary/aromatic N) is 1. The Bertz CT molecular complexity index is 617. The Hall–Kier alpha value is -1.65. The SMILES string of the molecule is CN(Cc1ccccc1Cl)c1ccc(CN)c(F)c1F. The van der Waals surface area contributed by atoms with Crippen LogP contribution >= 0.6 is 11.6 Å². The van der Waals surface area contributed by atoms with E-state index in [1.54, 1.807) is 18.0 Å². The van der Waals surface area contributed by atoms with Gasteiger partial charge in [0.25, 0.3) is 0 Å². The maximum Gasteiger partial charge on any atom is 0.182 e. The molecule has 0 aliphatic carbocycles. The summed E-state index contributed by atoms with van der Waals surface area (Å²) in [4.78, 5) is 1.61. The fraction of sp³-hybridized carbons (Fsp3) is 0.200. The molecule has 2 rings (SSSR count). The molecule has 0 aliphatic heterocycles. The molecule has 2 aromatic carbocycles. The van der Waals surface area contributed by atoms with E-state index in [1.807, 2.05) is 18.2 Å². The summed E-state index contributed by atoms with van der Waals surface area (Å²) < 4.78 is 27.7. The van der Waals surface area contributed by atoms with E-state index < -0.39 is 11.6 Å². The molecule has 2 aromatic rings. The number of halogens is 3. The first-order chi connectivity index (χ1) is 9.54. The average molecular weight is 297 g/mol. The van der Waals surface area contributed by atoms with Crippen molar-refractivity contribution in [2.24, 2.45) is 5.73 Å². The second-order valence-corrected chi connectivity index (χ2v) is 4.93. The monoisotopic (exact) mass is 296 g/mol. The largest absolute Gasteiger partial charge is 0.368 e. The Morgan fingerprint density at radius 3 is 2.40 bits per heavy atom. The molecule has 0 unspecified atom stereocenters. The van der Waals surface area contributed by atoms with E-state index >= 15 is 0 Å². The number of benzene rings is 2. The van der Waals surface area contributed by atoms with Gasteiger partial charge < -0.3 is 10.6 Å². The van der Waals surface area contributed by atoms with Crippen LogP contribution in [0.3, 0.4) is 0 Å². The third-order valence-corrected chi connectivity index (χ3v) is 3.51. The highest BCUT2D eigenvalue weighted by Gasteiger charge is 2.16. The van der Waals surface area contributed by atoms with Crippen molar-refractivity contribution < 1.29 is 8.78 Å². The highest BCUT2D eigenvalue weighted by atomic mass is 35.5. The van der Waals surface area contributed by atoms with Crippen LogP contribution in [-0.4, -0.2) is 7.05 Å². The number of anilines is 1. The molecule has 0 aliphatic rings. The van der Waals surface area contributed by atoms with Gasteiger partial charge in [-0.05, 0) is 17.7 Å². The van der Waals surface area contributed by atoms with Crippen molar-refractivity contribution in [1.82, 2.24) is 0 Å². The van der Waals surface area contributed by atoms with E-state index in [4.69, 9.17) is 17.3 Å². The summed E-state index contributed by atoms with van der Waals surface area (Å²) in [6, 6.07) is 10.3. The Balaban J connectivity index is 2.28. The maximum atomic E-state index is 14.0. The summed E-state index contributed by atoms with van der Waals surface area (Å²) in [7, 11) is 1.68. The average Bonchev–Trinajstić information content (AvgIpc) is 2.44. The van der Waals surface area contributed by atoms with Gasteiger partial charge in [-0.3, -0.25) is 0 Å². The molecule has 0 fully saturated rings. The summed E-state index contributed by atoms with van der Waals surface area (Å²) in [6.07, 6.45) is 0. The molecular weight excluding hydrogens is 282 g/mol. The van der Waals surface area contributed by atoms with Crippen LogP contribution in [0.4, 0.5) is 14.5 Å². The van der Waals surface area contributed by atoms with Crippen LogP contribution in [0.25, 0.3) is 0 Å². The van der Waals surface area contributed by atoms with Gasteiger partial charge in [0.15, 0.2) is 11.6 Å². The second kappa shape index (κ2) is 6.20. The molecule has 0 atom stereocenters. The minimum Gasteiger partial charge on any atom is -0.368 e. The molecule has 0 spiro atoms. The number of rotatable bonds is 4. The lowest BCUT2D eigenvalue weighted by atomic mass is 10.1. The standard InChI is InChI=1S/C15H15ClF2N2/c1-20(9-11-4-2-3-5-12(11)16)13-7-6-10(8-19)14(17)15(13)18/h2-7H,8-9,19H2,1H3. The number of hydrogen-bond acceptors (Lipinski definition) is 2. The molecule has 106 valence electrons. The van der Waals surface area contributed by atoms with Crippen LogP contribution in [0.15, 0.2) is 36.4 Å². The van der Waals surface area contributed by atoms with E-state index in [0.717, 1.165) is 5.56 Å². The first-order valence-corrected chi connectivity index (χ1v) is 6.54. The third kappa shape index (κ3) is 2.92. The molecule has 20 heavy (non-hydrogen) atoms. The summed E-state index contributed by atoms with van der Waals surface area (Å²) >= 11 is 6.06. The van der Waals surface area contributed by atoms with Crippen molar-refractivity contribution in [2.75, 3.05) is 11.9 Å². The maximum absolute atomic E-state index is 14.0.